The van der Waals surface area contributed by atoms with Gasteiger partial charge in [0, 0.05) is 6.42 Å². The first-order chi connectivity index (χ1) is 7.24. The summed E-state index contributed by atoms with van der Waals surface area (Å²) in [5.74, 6) is 1.10. The van der Waals surface area contributed by atoms with E-state index in [0.717, 1.165) is 25.2 Å². The van der Waals surface area contributed by atoms with E-state index in [0.29, 0.717) is 6.42 Å². The van der Waals surface area contributed by atoms with Crippen molar-refractivity contribution in [2.75, 3.05) is 0 Å². The Kier molecular flexibility index (Phi) is 5.92. The summed E-state index contributed by atoms with van der Waals surface area (Å²) >= 11 is 0. The fourth-order valence-electron chi connectivity index (χ4n) is 2.48. The van der Waals surface area contributed by atoms with Crippen molar-refractivity contribution in [3.05, 3.63) is 0 Å². The maximum Gasteiger partial charge on any atom is 0.149 e. The quantitative estimate of drug-likeness (QED) is 0.733. The molecule has 2 nitrogen and oxygen atoms in total. The molecule has 1 aliphatic rings. The van der Waals surface area contributed by atoms with Crippen LogP contribution in [0.5, 0.6) is 0 Å². The van der Waals surface area contributed by atoms with E-state index in [1.165, 1.54) is 32.1 Å². The molecule has 0 aromatic carbocycles. The fraction of sp³-hybridized carbons (Fsp3) is 0.923. The second-order valence-corrected chi connectivity index (χ2v) is 4.90. The summed E-state index contributed by atoms with van der Waals surface area (Å²) in [7, 11) is 0. The van der Waals surface area contributed by atoms with Crippen LogP contribution in [0, 0.1) is 5.92 Å². The van der Waals surface area contributed by atoms with Gasteiger partial charge in [-0.1, -0.05) is 39.0 Å². The van der Waals surface area contributed by atoms with Gasteiger partial charge in [-0.05, 0) is 25.2 Å². The molecule has 0 amide bonds. The van der Waals surface area contributed by atoms with Crippen molar-refractivity contribution in [2.45, 2.75) is 70.8 Å². The second kappa shape index (κ2) is 7.00. The minimum atomic E-state index is -0.188. The lowest BCUT2D eigenvalue weighted by atomic mass is 9.85. The lowest BCUT2D eigenvalue weighted by Gasteiger charge is -2.22. The first-order valence-electron chi connectivity index (χ1n) is 6.52. The number of rotatable bonds is 6. The number of ketones is 1. The number of carbonyl (C=O) groups is 1. The van der Waals surface area contributed by atoms with Gasteiger partial charge in [0.05, 0.1) is 6.04 Å². The van der Waals surface area contributed by atoms with Gasteiger partial charge in [0.15, 0.2) is 0 Å². The summed E-state index contributed by atoms with van der Waals surface area (Å²) in [4.78, 5) is 11.5. The van der Waals surface area contributed by atoms with Crippen molar-refractivity contribution in [3.8, 4) is 0 Å². The van der Waals surface area contributed by atoms with E-state index in [4.69, 9.17) is 5.73 Å². The first kappa shape index (κ1) is 12.7. The summed E-state index contributed by atoms with van der Waals surface area (Å²) in [5, 5.41) is 0. The second-order valence-electron chi connectivity index (χ2n) is 4.90. The van der Waals surface area contributed by atoms with Crippen LogP contribution in [0.15, 0.2) is 0 Å². The first-order valence-corrected chi connectivity index (χ1v) is 6.52. The highest BCUT2D eigenvalue weighted by atomic mass is 16.1. The zero-order valence-electron chi connectivity index (χ0n) is 10.0. The van der Waals surface area contributed by atoms with Gasteiger partial charge in [-0.25, -0.2) is 0 Å². The van der Waals surface area contributed by atoms with E-state index < -0.39 is 0 Å². The molecule has 0 spiro atoms. The van der Waals surface area contributed by atoms with Crippen LogP contribution in [0.4, 0.5) is 0 Å². The van der Waals surface area contributed by atoms with Gasteiger partial charge in [0.25, 0.3) is 0 Å². The predicted molar refractivity (Wildman–Crippen MR) is 63.7 cm³/mol. The van der Waals surface area contributed by atoms with Crippen molar-refractivity contribution in [3.63, 3.8) is 0 Å². The van der Waals surface area contributed by atoms with Gasteiger partial charge in [0.1, 0.15) is 5.78 Å². The molecule has 0 unspecified atom stereocenters. The molecule has 0 aromatic rings. The van der Waals surface area contributed by atoms with Crippen molar-refractivity contribution in [1.29, 1.82) is 0 Å². The van der Waals surface area contributed by atoms with Crippen LogP contribution in [0.25, 0.3) is 0 Å². The largest absolute Gasteiger partial charge is 0.322 e. The highest BCUT2D eigenvalue weighted by molar-refractivity contribution is 5.83. The lowest BCUT2D eigenvalue weighted by Crippen LogP contribution is -2.30. The lowest BCUT2D eigenvalue weighted by molar-refractivity contribution is -0.120. The van der Waals surface area contributed by atoms with Crippen molar-refractivity contribution < 1.29 is 4.79 Å². The van der Waals surface area contributed by atoms with Crippen molar-refractivity contribution >= 4 is 5.78 Å². The maximum atomic E-state index is 11.5. The Hall–Kier alpha value is -0.370. The average molecular weight is 211 g/mol. The molecule has 0 heterocycles. The van der Waals surface area contributed by atoms with Gasteiger partial charge in [-0.15, -0.1) is 0 Å². The van der Waals surface area contributed by atoms with Crippen LogP contribution in [-0.4, -0.2) is 11.8 Å². The summed E-state index contributed by atoms with van der Waals surface area (Å²) in [6.07, 6.45) is 10.5. The van der Waals surface area contributed by atoms with E-state index in [2.05, 4.69) is 0 Å². The van der Waals surface area contributed by atoms with Gasteiger partial charge in [0.2, 0.25) is 0 Å². The summed E-state index contributed by atoms with van der Waals surface area (Å²) in [5.41, 5.74) is 5.87. The molecule has 0 aromatic heterocycles. The SMILES string of the molecule is CCCC(=O)[C@H](N)CCC1CCCCC1. The Morgan fingerprint density at radius 3 is 2.60 bits per heavy atom. The molecule has 1 aliphatic carbocycles. The molecule has 1 fully saturated rings. The Bertz CT molecular complexity index is 185. The fourth-order valence-corrected chi connectivity index (χ4v) is 2.48. The number of hydrogen-bond acceptors (Lipinski definition) is 2. The standard InChI is InChI=1S/C13H25NO/c1-2-6-13(15)12(14)10-9-11-7-4-3-5-8-11/h11-12H,2-10,14H2,1H3/t12-/m1/s1. The van der Waals surface area contributed by atoms with Crippen molar-refractivity contribution in [2.24, 2.45) is 11.7 Å². The number of nitrogens with two attached hydrogens (primary N) is 1. The third-order valence-electron chi connectivity index (χ3n) is 3.52. The van der Waals surface area contributed by atoms with Crippen LogP contribution in [0.3, 0.4) is 0 Å². The van der Waals surface area contributed by atoms with Crippen LogP contribution in [0.2, 0.25) is 0 Å². The minimum Gasteiger partial charge on any atom is -0.322 e. The van der Waals surface area contributed by atoms with E-state index in [-0.39, 0.29) is 11.8 Å². The van der Waals surface area contributed by atoms with E-state index in [1.807, 2.05) is 6.92 Å². The predicted octanol–water partition coefficient (Wildman–Crippen LogP) is 3.04. The molecule has 0 bridgehead atoms. The number of carbonyl (C=O) groups excluding carboxylic acids is 1. The van der Waals surface area contributed by atoms with E-state index in [9.17, 15) is 4.79 Å². The molecule has 0 aliphatic heterocycles. The number of hydrogen-bond donors (Lipinski definition) is 1. The third kappa shape index (κ3) is 4.78. The van der Waals surface area contributed by atoms with E-state index >= 15 is 0 Å². The van der Waals surface area contributed by atoms with Crippen molar-refractivity contribution in [1.82, 2.24) is 0 Å². The Balaban J connectivity index is 2.14. The highest BCUT2D eigenvalue weighted by Crippen LogP contribution is 2.27. The molecule has 2 heteroatoms. The monoisotopic (exact) mass is 211 g/mol. The Morgan fingerprint density at radius 1 is 1.33 bits per heavy atom. The van der Waals surface area contributed by atoms with Gasteiger partial charge < -0.3 is 5.73 Å². The van der Waals surface area contributed by atoms with Gasteiger partial charge >= 0.3 is 0 Å². The summed E-state index contributed by atoms with van der Waals surface area (Å²) in [6, 6.07) is -0.188. The zero-order valence-corrected chi connectivity index (χ0v) is 10.0. The molecular formula is C13H25NO. The average Bonchev–Trinajstić information content (AvgIpc) is 2.27. The van der Waals surface area contributed by atoms with Crippen LogP contribution in [-0.2, 0) is 4.79 Å². The minimum absolute atomic E-state index is 0.188. The topological polar surface area (TPSA) is 43.1 Å². The van der Waals surface area contributed by atoms with E-state index in [1.54, 1.807) is 0 Å². The molecule has 0 saturated heterocycles. The molecule has 1 rings (SSSR count). The smallest absolute Gasteiger partial charge is 0.149 e. The van der Waals surface area contributed by atoms with Crippen LogP contribution >= 0.6 is 0 Å². The molecule has 2 N–H and O–H groups in total. The third-order valence-corrected chi connectivity index (χ3v) is 3.52. The molecule has 15 heavy (non-hydrogen) atoms. The van der Waals surface area contributed by atoms with Gasteiger partial charge in [-0.2, -0.15) is 0 Å². The van der Waals surface area contributed by atoms with Gasteiger partial charge in [-0.3, -0.25) is 4.79 Å². The molecule has 0 radical (unpaired) electrons. The molecule has 1 saturated carbocycles. The summed E-state index contributed by atoms with van der Waals surface area (Å²) < 4.78 is 0. The molecular weight excluding hydrogens is 186 g/mol. The van der Waals surface area contributed by atoms with Crippen LogP contribution < -0.4 is 5.73 Å². The molecule has 1 atom stereocenters. The number of Topliss-reactive ketones (excluding diaryl/α,β-unsaturated/α-hetero) is 1. The normalized spacial score (nSPS) is 20.1. The Labute approximate surface area is 93.6 Å². The summed E-state index contributed by atoms with van der Waals surface area (Å²) in [6.45, 7) is 2.03. The molecule has 88 valence electrons. The van der Waals surface area contributed by atoms with Crippen LogP contribution in [0.1, 0.15) is 64.7 Å². The maximum absolute atomic E-state index is 11.5. The Morgan fingerprint density at radius 2 is 2.00 bits per heavy atom. The zero-order chi connectivity index (χ0) is 11.1. The highest BCUT2D eigenvalue weighted by Gasteiger charge is 2.17.